The van der Waals surface area contributed by atoms with E-state index in [1.165, 1.54) is 0 Å². The number of hydrogen-bond donors (Lipinski definition) is 2. The Morgan fingerprint density at radius 2 is 1.61 bits per heavy atom. The molecule has 1 aliphatic rings. The summed E-state index contributed by atoms with van der Waals surface area (Å²) < 4.78 is 5.03. The second-order valence-electron chi connectivity index (χ2n) is 6.48. The zero-order valence-corrected chi connectivity index (χ0v) is 15.6. The molecule has 1 fully saturated rings. The van der Waals surface area contributed by atoms with Crippen molar-refractivity contribution in [3.63, 3.8) is 0 Å². The number of hydrogen-bond acceptors (Lipinski definition) is 9. The molecule has 3 heterocycles. The van der Waals surface area contributed by atoms with Crippen LogP contribution in [0.1, 0.15) is 0 Å². The van der Waals surface area contributed by atoms with E-state index < -0.39 is 0 Å². The van der Waals surface area contributed by atoms with Gasteiger partial charge in [-0.2, -0.15) is 4.98 Å². The molecule has 1 aromatic carbocycles. The lowest BCUT2D eigenvalue weighted by Gasteiger charge is -2.37. The Morgan fingerprint density at radius 1 is 0.893 bits per heavy atom. The molecule has 0 spiro atoms. The zero-order valence-electron chi connectivity index (χ0n) is 15.6. The quantitative estimate of drug-likeness (QED) is 0.694. The molecule has 4 rings (SSSR count). The van der Waals surface area contributed by atoms with Gasteiger partial charge >= 0.3 is 6.01 Å². The molecule has 0 atom stereocenters. The number of anilines is 4. The Labute approximate surface area is 163 Å². The number of nitrogens with zero attached hydrogens (tertiary/aromatic N) is 6. The van der Waals surface area contributed by atoms with E-state index in [2.05, 4.69) is 47.9 Å². The van der Waals surface area contributed by atoms with E-state index in [9.17, 15) is 0 Å². The van der Waals surface area contributed by atoms with Crippen LogP contribution in [0.5, 0.6) is 6.01 Å². The monoisotopic (exact) mass is 378 g/mol. The molecule has 9 nitrogen and oxygen atoms in total. The third kappa shape index (κ3) is 3.59. The van der Waals surface area contributed by atoms with E-state index in [-0.39, 0.29) is 5.95 Å². The second kappa shape index (κ2) is 7.55. The van der Waals surface area contributed by atoms with Crippen LogP contribution in [-0.2, 0) is 0 Å². The van der Waals surface area contributed by atoms with Crippen LogP contribution in [0.15, 0.2) is 42.9 Å². The fraction of sp³-hybridized carbons (Fsp3) is 0.263. The Kier molecular flexibility index (Phi) is 4.79. The van der Waals surface area contributed by atoms with Crippen LogP contribution < -0.4 is 26.0 Å². The zero-order chi connectivity index (χ0) is 19.5. The molecule has 144 valence electrons. The molecule has 0 unspecified atom stereocenters. The van der Waals surface area contributed by atoms with Gasteiger partial charge < -0.3 is 26.0 Å². The van der Waals surface area contributed by atoms with E-state index in [4.69, 9.17) is 16.2 Å². The molecule has 0 amide bonds. The highest BCUT2D eigenvalue weighted by molar-refractivity contribution is 5.68. The van der Waals surface area contributed by atoms with Crippen molar-refractivity contribution < 1.29 is 4.74 Å². The van der Waals surface area contributed by atoms with E-state index in [1.807, 2.05) is 6.07 Å². The number of piperazine rings is 1. The molecule has 1 saturated heterocycles. The van der Waals surface area contributed by atoms with Gasteiger partial charge in [-0.15, -0.1) is 0 Å². The largest absolute Gasteiger partial charge is 0.467 e. The summed E-state index contributed by atoms with van der Waals surface area (Å²) in [6.45, 7) is 3.39. The molecular weight excluding hydrogens is 356 g/mol. The van der Waals surface area contributed by atoms with Crippen LogP contribution in [-0.4, -0.2) is 53.2 Å². The molecule has 3 aromatic rings. The first kappa shape index (κ1) is 17.8. The summed E-state index contributed by atoms with van der Waals surface area (Å²) in [5, 5.41) is 0. The SMILES string of the molecule is COc1ncc(-c2cccc(N3CCN(c4cnc(N)nc4N)CC3)c2)cn1. The molecule has 0 aliphatic carbocycles. The number of aromatic nitrogens is 4. The summed E-state index contributed by atoms with van der Waals surface area (Å²) in [7, 11) is 1.55. The van der Waals surface area contributed by atoms with Crippen molar-refractivity contribution in [2.75, 3.05) is 54.6 Å². The summed E-state index contributed by atoms with van der Waals surface area (Å²) in [4.78, 5) is 21.0. The van der Waals surface area contributed by atoms with Gasteiger partial charge in [0.25, 0.3) is 0 Å². The normalized spacial score (nSPS) is 14.2. The van der Waals surface area contributed by atoms with Crippen molar-refractivity contribution in [3.05, 3.63) is 42.9 Å². The van der Waals surface area contributed by atoms with Crippen molar-refractivity contribution in [3.8, 4) is 17.1 Å². The second-order valence-corrected chi connectivity index (χ2v) is 6.48. The van der Waals surface area contributed by atoms with Gasteiger partial charge in [-0.25, -0.2) is 15.0 Å². The Hall–Kier alpha value is -3.62. The fourth-order valence-corrected chi connectivity index (χ4v) is 3.31. The highest BCUT2D eigenvalue weighted by Gasteiger charge is 2.20. The lowest BCUT2D eigenvalue weighted by Crippen LogP contribution is -2.46. The van der Waals surface area contributed by atoms with Crippen LogP contribution in [0.4, 0.5) is 23.1 Å². The standard InChI is InChI=1S/C19H22N8O/c1-28-19-23-10-14(11-24-19)13-3-2-4-15(9-13)26-5-7-27(8-6-26)16-12-22-18(21)25-17(16)20/h2-4,9-12H,5-8H2,1H3,(H4,20,21,22,25). The Bertz CT molecular complexity index is 954. The first-order valence-corrected chi connectivity index (χ1v) is 8.98. The summed E-state index contributed by atoms with van der Waals surface area (Å²) in [5.41, 5.74) is 15.6. The highest BCUT2D eigenvalue weighted by atomic mass is 16.5. The van der Waals surface area contributed by atoms with Gasteiger partial charge in [0.1, 0.15) is 0 Å². The minimum absolute atomic E-state index is 0.194. The maximum Gasteiger partial charge on any atom is 0.316 e. The number of benzene rings is 1. The lowest BCUT2D eigenvalue weighted by molar-refractivity contribution is 0.380. The third-order valence-electron chi connectivity index (χ3n) is 4.79. The number of methoxy groups -OCH3 is 1. The molecule has 0 bridgehead atoms. The van der Waals surface area contributed by atoms with Crippen molar-refractivity contribution >= 4 is 23.1 Å². The van der Waals surface area contributed by atoms with Crippen LogP contribution in [0.3, 0.4) is 0 Å². The number of nitrogens with two attached hydrogens (primary N) is 2. The van der Waals surface area contributed by atoms with Crippen LogP contribution in [0.2, 0.25) is 0 Å². The van der Waals surface area contributed by atoms with Gasteiger partial charge in [-0.1, -0.05) is 12.1 Å². The first-order chi connectivity index (χ1) is 13.6. The van der Waals surface area contributed by atoms with Crippen molar-refractivity contribution in [2.24, 2.45) is 0 Å². The average molecular weight is 378 g/mol. The van der Waals surface area contributed by atoms with Crippen molar-refractivity contribution in [1.29, 1.82) is 0 Å². The van der Waals surface area contributed by atoms with E-state index in [1.54, 1.807) is 25.7 Å². The maximum absolute atomic E-state index is 6.00. The van der Waals surface area contributed by atoms with E-state index >= 15 is 0 Å². The Morgan fingerprint density at radius 3 is 2.29 bits per heavy atom. The Balaban J connectivity index is 1.47. The minimum atomic E-state index is 0.194. The summed E-state index contributed by atoms with van der Waals surface area (Å²) >= 11 is 0. The maximum atomic E-state index is 6.00. The van der Waals surface area contributed by atoms with Gasteiger partial charge in [0.05, 0.1) is 19.0 Å². The summed E-state index contributed by atoms with van der Waals surface area (Å²) in [6.07, 6.45) is 5.23. The fourth-order valence-electron chi connectivity index (χ4n) is 3.31. The number of rotatable bonds is 4. The smallest absolute Gasteiger partial charge is 0.316 e. The molecule has 9 heteroatoms. The van der Waals surface area contributed by atoms with Crippen LogP contribution >= 0.6 is 0 Å². The van der Waals surface area contributed by atoms with Gasteiger partial charge in [0.2, 0.25) is 5.95 Å². The van der Waals surface area contributed by atoms with Crippen molar-refractivity contribution in [1.82, 2.24) is 19.9 Å². The molecule has 1 aliphatic heterocycles. The average Bonchev–Trinajstić information content (AvgIpc) is 2.74. The van der Waals surface area contributed by atoms with Gasteiger partial charge in [0, 0.05) is 49.8 Å². The highest BCUT2D eigenvalue weighted by Crippen LogP contribution is 2.27. The predicted molar refractivity (Wildman–Crippen MR) is 109 cm³/mol. The topological polar surface area (TPSA) is 119 Å². The van der Waals surface area contributed by atoms with Crippen LogP contribution in [0, 0.1) is 0 Å². The molecule has 0 radical (unpaired) electrons. The minimum Gasteiger partial charge on any atom is -0.467 e. The van der Waals surface area contributed by atoms with E-state index in [0.29, 0.717) is 11.8 Å². The predicted octanol–water partition coefficient (Wildman–Crippen LogP) is 1.43. The van der Waals surface area contributed by atoms with Gasteiger partial charge in [0.15, 0.2) is 5.82 Å². The number of nitrogen functional groups attached to an aromatic ring is 2. The first-order valence-electron chi connectivity index (χ1n) is 8.98. The molecule has 0 saturated carbocycles. The molecule has 2 aromatic heterocycles. The van der Waals surface area contributed by atoms with Gasteiger partial charge in [-0.3, -0.25) is 0 Å². The van der Waals surface area contributed by atoms with Crippen molar-refractivity contribution in [2.45, 2.75) is 0 Å². The molecular formula is C19H22N8O. The third-order valence-corrected chi connectivity index (χ3v) is 4.79. The lowest BCUT2D eigenvalue weighted by atomic mass is 10.1. The summed E-state index contributed by atoms with van der Waals surface area (Å²) in [6, 6.07) is 8.73. The van der Waals surface area contributed by atoms with E-state index in [0.717, 1.165) is 48.7 Å². The summed E-state index contributed by atoms with van der Waals surface area (Å²) in [5.74, 6) is 0.613. The molecule has 28 heavy (non-hydrogen) atoms. The van der Waals surface area contributed by atoms with Crippen LogP contribution in [0.25, 0.3) is 11.1 Å². The number of ether oxygens (including phenoxy) is 1. The molecule has 4 N–H and O–H groups in total. The van der Waals surface area contributed by atoms with Gasteiger partial charge in [-0.05, 0) is 17.7 Å².